The van der Waals surface area contributed by atoms with Crippen LogP contribution >= 0.6 is 11.8 Å². The highest BCUT2D eigenvalue weighted by molar-refractivity contribution is 8.03. The van der Waals surface area contributed by atoms with Crippen LogP contribution in [0, 0.1) is 17.8 Å². The topological polar surface area (TPSA) is 60.4 Å². The molecule has 0 N–H and O–H groups in total. The number of esters is 1. The summed E-state index contributed by atoms with van der Waals surface area (Å²) in [4.78, 5) is 38.4. The van der Waals surface area contributed by atoms with E-state index in [-0.39, 0.29) is 11.6 Å². The number of Topliss-reactive ketones (excluding diaryl/α,β-unsaturated/α-hetero) is 2. The van der Waals surface area contributed by atoms with Gasteiger partial charge in [0.15, 0.2) is 5.78 Å². The van der Waals surface area contributed by atoms with Crippen LogP contribution in [0.4, 0.5) is 0 Å². The van der Waals surface area contributed by atoms with Gasteiger partial charge in [-0.25, -0.2) is 0 Å². The molecular weight excluding hydrogens is 300 g/mol. The molecule has 0 spiro atoms. The van der Waals surface area contributed by atoms with Crippen LogP contribution in [0.2, 0.25) is 0 Å². The number of ether oxygens (including phenoxy) is 1. The number of hydrogen-bond donors (Lipinski definition) is 0. The Balaban J connectivity index is 1.84. The van der Waals surface area contributed by atoms with E-state index >= 15 is 0 Å². The van der Waals surface area contributed by atoms with E-state index in [1.807, 2.05) is 0 Å². The minimum Gasteiger partial charge on any atom is -0.469 e. The minimum absolute atomic E-state index is 0.0912. The monoisotopic (exact) mass is 322 g/mol. The van der Waals surface area contributed by atoms with Crippen molar-refractivity contribution >= 4 is 29.3 Å². The summed E-state index contributed by atoms with van der Waals surface area (Å²) < 4.78 is 4.92. The van der Waals surface area contributed by atoms with Gasteiger partial charge in [-0.2, -0.15) is 0 Å². The van der Waals surface area contributed by atoms with Crippen molar-refractivity contribution in [1.82, 2.24) is 0 Å². The Labute approximate surface area is 135 Å². The summed E-state index contributed by atoms with van der Waals surface area (Å²) in [5, 5.41) is 0. The third kappa shape index (κ3) is 2.87. The maximum Gasteiger partial charge on any atom is 0.309 e. The number of rotatable bonds is 4. The fourth-order valence-electron chi connectivity index (χ4n) is 4.06. The predicted octanol–water partition coefficient (Wildman–Crippen LogP) is 2.91. The van der Waals surface area contributed by atoms with Gasteiger partial charge in [-0.15, -0.1) is 11.8 Å². The molecule has 1 aliphatic heterocycles. The van der Waals surface area contributed by atoms with Crippen molar-refractivity contribution in [3.05, 3.63) is 10.5 Å². The van der Waals surface area contributed by atoms with Crippen molar-refractivity contribution in [2.75, 3.05) is 12.9 Å². The molecule has 0 radical (unpaired) electrons. The number of thioether (sulfide) groups is 1. The Morgan fingerprint density at radius 3 is 2.73 bits per heavy atom. The molecule has 1 saturated carbocycles. The number of ketones is 2. The van der Waals surface area contributed by atoms with Crippen LogP contribution < -0.4 is 0 Å². The quantitative estimate of drug-likeness (QED) is 0.588. The second kappa shape index (κ2) is 6.57. The highest BCUT2D eigenvalue weighted by Crippen LogP contribution is 2.43. The summed E-state index contributed by atoms with van der Waals surface area (Å²) in [5.74, 6) is -0.664. The standard InChI is InChI=1S/C17H22O4S/c1-21-17(20)12(8-10-4-2-3-5-10)15-13(18)9-14-11(16(15)19)6-7-22-14/h10,12,15H,2-9H2,1H3. The van der Waals surface area contributed by atoms with E-state index < -0.39 is 17.8 Å². The van der Waals surface area contributed by atoms with Crippen molar-refractivity contribution in [2.45, 2.75) is 44.9 Å². The van der Waals surface area contributed by atoms with Crippen LogP contribution in [0.25, 0.3) is 0 Å². The van der Waals surface area contributed by atoms with Crippen LogP contribution in [-0.2, 0) is 19.1 Å². The van der Waals surface area contributed by atoms with Crippen molar-refractivity contribution in [3.8, 4) is 0 Å². The molecule has 5 heteroatoms. The molecule has 0 bridgehead atoms. The van der Waals surface area contributed by atoms with E-state index in [0.29, 0.717) is 18.8 Å². The molecule has 0 saturated heterocycles. The van der Waals surface area contributed by atoms with Crippen molar-refractivity contribution in [2.24, 2.45) is 17.8 Å². The highest BCUT2D eigenvalue weighted by Gasteiger charge is 2.46. The second-order valence-electron chi connectivity index (χ2n) is 6.50. The van der Waals surface area contributed by atoms with Crippen LogP contribution in [0.3, 0.4) is 0 Å². The molecule has 1 fully saturated rings. The lowest BCUT2D eigenvalue weighted by atomic mass is 9.74. The zero-order valence-corrected chi connectivity index (χ0v) is 13.7. The molecule has 4 nitrogen and oxygen atoms in total. The Bertz CT molecular complexity index is 531. The molecule has 0 aromatic rings. The number of hydrogen-bond acceptors (Lipinski definition) is 5. The van der Waals surface area contributed by atoms with Crippen LogP contribution in [-0.4, -0.2) is 30.4 Å². The number of carbonyl (C=O) groups excluding carboxylic acids is 3. The normalized spacial score (nSPS) is 27.2. The molecule has 22 heavy (non-hydrogen) atoms. The van der Waals surface area contributed by atoms with Gasteiger partial charge >= 0.3 is 5.97 Å². The first-order chi connectivity index (χ1) is 10.6. The summed E-state index contributed by atoms with van der Waals surface area (Å²) >= 11 is 1.62. The Morgan fingerprint density at radius 1 is 1.32 bits per heavy atom. The van der Waals surface area contributed by atoms with Gasteiger partial charge in [0.05, 0.1) is 18.9 Å². The third-order valence-corrected chi connectivity index (χ3v) is 6.34. The first-order valence-electron chi connectivity index (χ1n) is 8.11. The largest absolute Gasteiger partial charge is 0.469 e. The second-order valence-corrected chi connectivity index (χ2v) is 7.69. The highest BCUT2D eigenvalue weighted by atomic mass is 32.2. The molecule has 2 aliphatic carbocycles. The summed E-state index contributed by atoms with van der Waals surface area (Å²) in [7, 11) is 1.35. The molecule has 0 aromatic carbocycles. The van der Waals surface area contributed by atoms with Crippen LogP contribution in [0.15, 0.2) is 10.5 Å². The van der Waals surface area contributed by atoms with Crippen molar-refractivity contribution < 1.29 is 19.1 Å². The van der Waals surface area contributed by atoms with E-state index in [0.717, 1.165) is 35.5 Å². The fraction of sp³-hybridized carbons (Fsp3) is 0.706. The zero-order valence-electron chi connectivity index (χ0n) is 12.9. The maximum absolute atomic E-state index is 12.8. The molecule has 120 valence electrons. The van der Waals surface area contributed by atoms with Crippen LogP contribution in [0.1, 0.15) is 44.9 Å². The SMILES string of the molecule is COC(=O)C(CC1CCCC1)C1C(=O)CC2=C(CCS2)C1=O. The van der Waals surface area contributed by atoms with E-state index in [1.54, 1.807) is 11.8 Å². The molecule has 3 rings (SSSR count). The molecular formula is C17H22O4S. The average molecular weight is 322 g/mol. The molecule has 3 aliphatic rings. The zero-order chi connectivity index (χ0) is 15.7. The van der Waals surface area contributed by atoms with Crippen LogP contribution in [0.5, 0.6) is 0 Å². The Morgan fingerprint density at radius 2 is 2.05 bits per heavy atom. The minimum atomic E-state index is -0.800. The smallest absolute Gasteiger partial charge is 0.309 e. The van der Waals surface area contributed by atoms with Crippen molar-refractivity contribution in [3.63, 3.8) is 0 Å². The van der Waals surface area contributed by atoms with Gasteiger partial charge in [-0.05, 0) is 23.7 Å². The van der Waals surface area contributed by atoms with E-state index in [2.05, 4.69) is 0 Å². The van der Waals surface area contributed by atoms with Gasteiger partial charge < -0.3 is 4.74 Å². The number of allylic oxidation sites excluding steroid dienone is 2. The Hall–Kier alpha value is -1.10. The first-order valence-corrected chi connectivity index (χ1v) is 9.10. The van der Waals surface area contributed by atoms with E-state index in [9.17, 15) is 14.4 Å². The Kier molecular flexibility index (Phi) is 4.71. The number of methoxy groups -OCH3 is 1. The van der Waals surface area contributed by atoms with Gasteiger partial charge in [-0.3, -0.25) is 14.4 Å². The maximum atomic E-state index is 12.8. The molecule has 1 heterocycles. The summed E-state index contributed by atoms with van der Waals surface area (Å²) in [6.45, 7) is 0. The van der Waals surface area contributed by atoms with Crippen molar-refractivity contribution in [1.29, 1.82) is 0 Å². The molecule has 0 amide bonds. The van der Waals surface area contributed by atoms with E-state index in [1.165, 1.54) is 20.0 Å². The van der Waals surface area contributed by atoms with Gasteiger partial charge in [-0.1, -0.05) is 25.7 Å². The molecule has 2 unspecified atom stereocenters. The number of carbonyl (C=O) groups is 3. The lowest BCUT2D eigenvalue weighted by Crippen LogP contribution is -2.40. The van der Waals surface area contributed by atoms with E-state index in [4.69, 9.17) is 4.74 Å². The summed E-state index contributed by atoms with van der Waals surface area (Å²) in [6, 6.07) is 0. The van der Waals surface area contributed by atoms with Gasteiger partial charge in [0.1, 0.15) is 5.78 Å². The fourth-order valence-corrected chi connectivity index (χ4v) is 5.23. The lowest BCUT2D eigenvalue weighted by molar-refractivity contribution is -0.153. The molecule has 2 atom stereocenters. The van der Waals surface area contributed by atoms with Gasteiger partial charge in [0.2, 0.25) is 0 Å². The summed E-state index contributed by atoms with van der Waals surface area (Å²) in [5.41, 5.74) is 0.801. The summed E-state index contributed by atoms with van der Waals surface area (Å²) in [6.07, 6.45) is 6.21. The van der Waals surface area contributed by atoms with Gasteiger partial charge in [0, 0.05) is 17.7 Å². The van der Waals surface area contributed by atoms with Gasteiger partial charge in [0.25, 0.3) is 0 Å². The first kappa shape index (κ1) is 15.8. The average Bonchev–Trinajstić information content (AvgIpc) is 3.16. The molecule has 0 aromatic heterocycles. The third-order valence-electron chi connectivity index (χ3n) is 5.19. The predicted molar refractivity (Wildman–Crippen MR) is 84.3 cm³/mol. The lowest BCUT2D eigenvalue weighted by Gasteiger charge is -2.28.